The molecule has 0 aromatic carbocycles. The molecule has 4 aliphatic heterocycles. The number of carbonyl (C=O) groups excluding carboxylic acids is 3. The van der Waals surface area contributed by atoms with Gasteiger partial charge in [0.1, 0.15) is 0 Å². The van der Waals surface area contributed by atoms with Gasteiger partial charge in [0, 0.05) is 47.3 Å². The van der Waals surface area contributed by atoms with Crippen molar-refractivity contribution < 1.29 is 19.1 Å². The summed E-state index contributed by atoms with van der Waals surface area (Å²) in [4.78, 5) is 63.6. The van der Waals surface area contributed by atoms with E-state index in [1.807, 2.05) is 38.1 Å². The predicted octanol–water partition coefficient (Wildman–Crippen LogP) is 7.73. The molecule has 0 radical (unpaired) electrons. The minimum Gasteiger partial charge on any atom is -0.469 e. The maximum absolute atomic E-state index is 14.6. The van der Waals surface area contributed by atoms with E-state index in [2.05, 4.69) is 47.5 Å². The number of isothiocyanates is 1. The number of hydrogen-bond acceptors (Lipinski definition) is 8. The van der Waals surface area contributed by atoms with Gasteiger partial charge in [-0.1, -0.05) is 26.5 Å². The summed E-state index contributed by atoms with van der Waals surface area (Å²) in [6.45, 7) is 14.7. The minimum atomic E-state index is -0.413. The van der Waals surface area contributed by atoms with Crippen LogP contribution in [0.4, 0.5) is 0 Å². The zero-order chi connectivity index (χ0) is 35.1. The van der Waals surface area contributed by atoms with Crippen LogP contribution in [0, 0.1) is 6.92 Å². The van der Waals surface area contributed by atoms with Gasteiger partial charge in [0.15, 0.2) is 0 Å². The predicted molar refractivity (Wildman–Crippen MR) is 195 cm³/mol. The molecule has 2 atom stereocenters. The minimum absolute atomic E-state index is 0.117. The Balaban J connectivity index is 1.74. The Labute approximate surface area is 290 Å². The number of aromatic nitrogens is 4. The molecule has 0 saturated heterocycles. The van der Waals surface area contributed by atoms with Crippen molar-refractivity contribution in [2.45, 2.75) is 72.1 Å². The molecular formula is C38H40N6O4S. The van der Waals surface area contributed by atoms with Crippen LogP contribution in [0.2, 0.25) is 0 Å². The first-order valence-electron chi connectivity index (χ1n) is 16.6. The number of hydrogen-bond donors (Lipinski definition) is 2. The van der Waals surface area contributed by atoms with E-state index in [1.165, 1.54) is 12.0 Å². The molecule has 11 heteroatoms. The summed E-state index contributed by atoms with van der Waals surface area (Å²) < 4.78 is 5.00. The van der Waals surface area contributed by atoms with E-state index in [0.717, 1.165) is 62.7 Å². The molecule has 6 heterocycles. The topological polar surface area (TPSA) is 133 Å². The van der Waals surface area contributed by atoms with Gasteiger partial charge >= 0.3 is 5.97 Å². The smallest absolute Gasteiger partial charge is 0.305 e. The van der Waals surface area contributed by atoms with E-state index in [1.54, 1.807) is 0 Å². The number of methoxy groups -OCH3 is 1. The first kappa shape index (κ1) is 33.9. The van der Waals surface area contributed by atoms with Crippen molar-refractivity contribution in [3.63, 3.8) is 0 Å². The molecule has 49 heavy (non-hydrogen) atoms. The lowest BCUT2D eigenvalue weighted by Crippen LogP contribution is -2.41. The number of carbonyl (C=O) groups is 3. The normalized spacial score (nSPS) is 17.7. The average molecular weight is 677 g/mol. The number of ether oxygens (including phenoxy) is 1. The number of aliphatic imine (C=N–C) groups is 1. The number of allylic oxidation sites excluding steroid dienone is 5. The van der Waals surface area contributed by atoms with Gasteiger partial charge in [-0.05, 0) is 92.7 Å². The van der Waals surface area contributed by atoms with Gasteiger partial charge in [-0.15, -0.1) is 0 Å². The van der Waals surface area contributed by atoms with E-state index in [4.69, 9.17) is 26.9 Å². The molecule has 0 aliphatic carbocycles. The standard InChI is InChI=1S/C38H40N6O4S/c1-8-23-19(3)26-15-28-21(5)25(11-12-32(45)48-7)35(42-28)34-36-33(37(46)44(38(34)47)14-10-13-39-18-49)22(6)29(43-36)17-31-24(9-2)20(4)27(41-31)16-30(23)40-26/h8,15-17,21,25,42-43H,1,9-14H2,2-7H3/t21-,25-/m0/s1. The second kappa shape index (κ2) is 13.5. The molecule has 8 bridgehead atoms. The zero-order valence-corrected chi connectivity index (χ0v) is 29.6. The first-order valence-corrected chi connectivity index (χ1v) is 17.0. The summed E-state index contributed by atoms with van der Waals surface area (Å²) in [6.07, 6.45) is 3.61. The SMILES string of the molecule is C=CC1=C(C)c2cc3[nH]c(c4c5[nH]c(cc6nc(cc1n2)C(C)=C6CC)c(C)c5C(=O)N(CCCN=C=S)C4=O)[C@@H](CCC(=O)OC)[C@@H]3C. The van der Waals surface area contributed by atoms with E-state index >= 15 is 0 Å². The molecule has 2 aromatic rings. The Kier molecular flexibility index (Phi) is 9.33. The fraction of sp³-hybridized carbons (Fsp3) is 0.368. The third-order valence-electron chi connectivity index (χ3n) is 10.2. The third-order valence-corrected chi connectivity index (χ3v) is 10.3. The Morgan fingerprint density at radius 2 is 1.78 bits per heavy atom. The van der Waals surface area contributed by atoms with Gasteiger partial charge in [0.2, 0.25) is 0 Å². The number of rotatable bonds is 9. The van der Waals surface area contributed by atoms with Gasteiger partial charge in [-0.2, -0.15) is 0 Å². The molecule has 0 fully saturated rings. The lowest BCUT2D eigenvalue weighted by molar-refractivity contribution is -0.140. The third kappa shape index (κ3) is 5.77. The summed E-state index contributed by atoms with van der Waals surface area (Å²) in [5.41, 5.74) is 11.4. The van der Waals surface area contributed by atoms with Crippen molar-refractivity contribution in [3.8, 4) is 0 Å². The number of fused-ring (bicyclic) bond motifs is 8. The van der Waals surface area contributed by atoms with Crippen LogP contribution in [0.1, 0.15) is 126 Å². The van der Waals surface area contributed by atoms with Crippen molar-refractivity contribution >= 4 is 68.5 Å². The van der Waals surface area contributed by atoms with Crippen LogP contribution in [0.25, 0.3) is 33.3 Å². The van der Waals surface area contributed by atoms with Crippen LogP contribution in [-0.2, 0) is 9.53 Å². The largest absolute Gasteiger partial charge is 0.469 e. The van der Waals surface area contributed by atoms with Crippen LogP contribution < -0.4 is 0 Å². The summed E-state index contributed by atoms with van der Waals surface area (Å²) in [5.74, 6) is -1.49. The zero-order valence-electron chi connectivity index (χ0n) is 28.7. The fourth-order valence-electron chi connectivity index (χ4n) is 7.36. The van der Waals surface area contributed by atoms with Gasteiger partial charge in [-0.3, -0.25) is 19.3 Å². The van der Waals surface area contributed by atoms with E-state index in [9.17, 15) is 14.4 Å². The van der Waals surface area contributed by atoms with Crippen LogP contribution in [0.15, 0.2) is 35.8 Å². The van der Waals surface area contributed by atoms with Gasteiger partial charge in [-0.25, -0.2) is 15.0 Å². The van der Waals surface area contributed by atoms with Gasteiger partial charge < -0.3 is 14.7 Å². The number of nitrogens with one attached hydrogen (secondary N) is 2. The fourth-order valence-corrected chi connectivity index (χ4v) is 7.45. The highest BCUT2D eigenvalue weighted by atomic mass is 32.1. The molecular weight excluding hydrogens is 637 g/mol. The van der Waals surface area contributed by atoms with E-state index in [-0.39, 0.29) is 36.7 Å². The lowest BCUT2D eigenvalue weighted by atomic mass is 9.84. The molecule has 6 rings (SSSR count). The first-order chi connectivity index (χ1) is 23.5. The number of H-pyrrole nitrogens is 2. The Hall–Kier alpha value is -4.99. The number of esters is 1. The molecule has 2 aromatic heterocycles. The van der Waals surface area contributed by atoms with Crippen LogP contribution in [-0.4, -0.2) is 68.0 Å². The second-order valence-corrected chi connectivity index (χ2v) is 13.0. The highest BCUT2D eigenvalue weighted by Gasteiger charge is 2.40. The summed E-state index contributed by atoms with van der Waals surface area (Å²) in [5, 5.41) is 2.35. The lowest BCUT2D eigenvalue weighted by Gasteiger charge is -2.27. The molecule has 2 amide bonds. The Morgan fingerprint density at radius 1 is 1.06 bits per heavy atom. The Morgan fingerprint density at radius 3 is 2.47 bits per heavy atom. The second-order valence-electron chi connectivity index (χ2n) is 12.8. The average Bonchev–Trinajstić information content (AvgIpc) is 3.76. The van der Waals surface area contributed by atoms with Crippen molar-refractivity contribution in [2.75, 3.05) is 20.2 Å². The van der Waals surface area contributed by atoms with Gasteiger partial charge in [0.05, 0.1) is 58.2 Å². The van der Waals surface area contributed by atoms with Crippen molar-refractivity contribution in [1.82, 2.24) is 24.8 Å². The van der Waals surface area contributed by atoms with Crippen molar-refractivity contribution in [1.29, 1.82) is 0 Å². The monoisotopic (exact) mass is 676 g/mol. The molecule has 0 unspecified atom stereocenters. The molecule has 0 spiro atoms. The number of amides is 2. The van der Waals surface area contributed by atoms with Crippen LogP contribution in [0.3, 0.4) is 0 Å². The van der Waals surface area contributed by atoms with E-state index in [0.29, 0.717) is 47.2 Å². The molecule has 2 N–H and O–H groups in total. The molecule has 10 nitrogen and oxygen atoms in total. The maximum Gasteiger partial charge on any atom is 0.305 e. The number of aryl methyl sites for hydroxylation is 1. The van der Waals surface area contributed by atoms with Crippen molar-refractivity contribution in [2.24, 2.45) is 4.99 Å². The summed E-state index contributed by atoms with van der Waals surface area (Å²) in [7, 11) is 1.37. The number of aromatic amines is 2. The number of nitrogens with zero attached hydrogens (tertiary/aromatic N) is 4. The highest BCUT2D eigenvalue weighted by molar-refractivity contribution is 7.78. The summed E-state index contributed by atoms with van der Waals surface area (Å²) in [6, 6.07) is 6.00. The molecule has 4 aliphatic rings. The molecule has 252 valence electrons. The Bertz CT molecular complexity index is 2130. The van der Waals surface area contributed by atoms with Gasteiger partial charge in [0.25, 0.3) is 11.8 Å². The summed E-state index contributed by atoms with van der Waals surface area (Å²) >= 11 is 4.72. The molecule has 0 saturated carbocycles. The van der Waals surface area contributed by atoms with Crippen LogP contribution >= 0.6 is 12.2 Å². The maximum atomic E-state index is 14.6. The van der Waals surface area contributed by atoms with E-state index < -0.39 is 5.91 Å². The van der Waals surface area contributed by atoms with Crippen LogP contribution in [0.5, 0.6) is 0 Å². The number of imide groups is 1. The highest BCUT2D eigenvalue weighted by Crippen LogP contribution is 2.44. The quantitative estimate of drug-likeness (QED) is 0.0913. The number of thiocarbonyl (C=S) groups is 1. The van der Waals surface area contributed by atoms with Crippen molar-refractivity contribution in [3.05, 3.63) is 81.7 Å².